The highest BCUT2D eigenvalue weighted by Crippen LogP contribution is 2.37. The second kappa shape index (κ2) is 9.57. The second-order valence-corrected chi connectivity index (χ2v) is 9.71. The number of hydrogen-bond acceptors (Lipinski definition) is 2. The van der Waals surface area contributed by atoms with E-state index in [4.69, 9.17) is 0 Å². The number of carbonyl (C=O) groups is 2. The van der Waals surface area contributed by atoms with E-state index in [1.54, 1.807) is 0 Å². The van der Waals surface area contributed by atoms with Crippen molar-refractivity contribution < 1.29 is 9.59 Å². The standard InChI is InChI=1S/C36H26O2/c1-23-21-31(25-13-5-3-6-14-25)33(29-19-11-9-17-27(23)29)35(37)36(38)34-30-20-12-10-18-28(30)24(2)22-32(34)26-15-7-4-8-16-26/h3-22H,1-2H3. The fraction of sp³-hybridized carbons (Fsp3) is 0.0556. The molecule has 0 N–H and O–H groups in total. The summed E-state index contributed by atoms with van der Waals surface area (Å²) in [6, 6.07) is 39.4. The normalized spacial score (nSPS) is 11.1. The maximum Gasteiger partial charge on any atom is 0.234 e. The maximum absolute atomic E-state index is 14.4. The summed E-state index contributed by atoms with van der Waals surface area (Å²) in [7, 11) is 0. The SMILES string of the molecule is Cc1cc(-c2ccccc2)c(C(=O)C(=O)c2c(-c3ccccc3)cc(C)c3ccccc23)c2ccccc12. The van der Waals surface area contributed by atoms with Crippen LogP contribution in [-0.2, 0) is 0 Å². The van der Waals surface area contributed by atoms with Crippen LogP contribution < -0.4 is 0 Å². The van der Waals surface area contributed by atoms with Crippen LogP contribution in [0.25, 0.3) is 43.8 Å². The van der Waals surface area contributed by atoms with E-state index in [0.29, 0.717) is 11.1 Å². The lowest BCUT2D eigenvalue weighted by Crippen LogP contribution is -2.18. The molecule has 6 aromatic carbocycles. The summed E-state index contributed by atoms with van der Waals surface area (Å²) >= 11 is 0. The summed E-state index contributed by atoms with van der Waals surface area (Å²) in [5, 5.41) is 3.53. The first-order valence-electron chi connectivity index (χ1n) is 12.8. The van der Waals surface area contributed by atoms with Crippen LogP contribution in [0.1, 0.15) is 31.8 Å². The molecule has 0 bridgehead atoms. The van der Waals surface area contributed by atoms with Gasteiger partial charge >= 0.3 is 0 Å². The molecule has 6 aromatic rings. The van der Waals surface area contributed by atoms with Gasteiger partial charge in [-0.3, -0.25) is 9.59 Å². The average molecular weight is 491 g/mol. The van der Waals surface area contributed by atoms with Gasteiger partial charge in [0, 0.05) is 11.1 Å². The van der Waals surface area contributed by atoms with Crippen molar-refractivity contribution in [1.82, 2.24) is 0 Å². The summed E-state index contributed by atoms with van der Waals surface area (Å²) in [4.78, 5) is 28.9. The minimum Gasteiger partial charge on any atom is -0.285 e. The van der Waals surface area contributed by atoms with Crippen LogP contribution in [0.5, 0.6) is 0 Å². The van der Waals surface area contributed by atoms with Gasteiger partial charge in [-0.05, 0) is 68.8 Å². The Labute approximate surface area is 222 Å². The van der Waals surface area contributed by atoms with E-state index in [-0.39, 0.29) is 0 Å². The molecule has 38 heavy (non-hydrogen) atoms. The van der Waals surface area contributed by atoms with Crippen LogP contribution in [0.15, 0.2) is 121 Å². The maximum atomic E-state index is 14.4. The van der Waals surface area contributed by atoms with Gasteiger partial charge in [-0.1, -0.05) is 121 Å². The predicted octanol–water partition coefficient (Wildman–Crippen LogP) is 9.01. The lowest BCUT2D eigenvalue weighted by molar-refractivity contribution is 0.0819. The summed E-state index contributed by atoms with van der Waals surface area (Å²) in [5.41, 5.74) is 6.40. The topological polar surface area (TPSA) is 34.1 Å². The third-order valence-corrected chi connectivity index (χ3v) is 7.33. The average Bonchev–Trinajstić information content (AvgIpc) is 2.97. The summed E-state index contributed by atoms with van der Waals surface area (Å²) in [5.74, 6) is -0.988. The zero-order valence-electron chi connectivity index (χ0n) is 21.4. The van der Waals surface area contributed by atoms with Crippen molar-refractivity contribution in [2.45, 2.75) is 13.8 Å². The summed E-state index contributed by atoms with van der Waals surface area (Å²) in [6.45, 7) is 4.09. The molecule has 2 nitrogen and oxygen atoms in total. The largest absolute Gasteiger partial charge is 0.285 e. The Morgan fingerprint density at radius 2 is 0.737 bits per heavy atom. The van der Waals surface area contributed by atoms with Gasteiger partial charge in [-0.25, -0.2) is 0 Å². The van der Waals surface area contributed by atoms with Crippen LogP contribution in [0.3, 0.4) is 0 Å². The van der Waals surface area contributed by atoms with Gasteiger partial charge in [0.25, 0.3) is 0 Å². The molecule has 0 aromatic heterocycles. The minimum absolute atomic E-state index is 0.450. The van der Waals surface area contributed by atoms with E-state index < -0.39 is 11.6 Å². The second-order valence-electron chi connectivity index (χ2n) is 9.71. The molecule has 0 heterocycles. The van der Waals surface area contributed by atoms with Crippen LogP contribution >= 0.6 is 0 Å². The zero-order valence-corrected chi connectivity index (χ0v) is 21.4. The van der Waals surface area contributed by atoms with E-state index >= 15 is 0 Å². The van der Waals surface area contributed by atoms with Crippen molar-refractivity contribution in [3.05, 3.63) is 144 Å². The van der Waals surface area contributed by atoms with E-state index in [2.05, 4.69) is 0 Å². The van der Waals surface area contributed by atoms with E-state index in [1.165, 1.54) is 0 Å². The molecule has 0 amide bonds. The van der Waals surface area contributed by atoms with Crippen molar-refractivity contribution in [2.24, 2.45) is 0 Å². The highest BCUT2D eigenvalue weighted by atomic mass is 16.2. The molecule has 182 valence electrons. The minimum atomic E-state index is -0.494. The van der Waals surface area contributed by atoms with Crippen molar-refractivity contribution in [3.63, 3.8) is 0 Å². The number of benzene rings is 6. The number of carbonyl (C=O) groups excluding carboxylic acids is 2. The van der Waals surface area contributed by atoms with E-state index in [1.807, 2.05) is 135 Å². The van der Waals surface area contributed by atoms with Gasteiger partial charge in [-0.2, -0.15) is 0 Å². The highest BCUT2D eigenvalue weighted by Gasteiger charge is 2.28. The molecule has 0 unspecified atom stereocenters. The highest BCUT2D eigenvalue weighted by molar-refractivity contribution is 6.54. The summed E-state index contributed by atoms with van der Waals surface area (Å²) < 4.78 is 0. The van der Waals surface area contributed by atoms with Gasteiger partial charge in [0.15, 0.2) is 0 Å². The fourth-order valence-corrected chi connectivity index (χ4v) is 5.52. The number of rotatable bonds is 5. The number of fused-ring (bicyclic) bond motifs is 2. The third-order valence-electron chi connectivity index (χ3n) is 7.33. The first-order valence-corrected chi connectivity index (χ1v) is 12.8. The molecule has 0 spiro atoms. The van der Waals surface area contributed by atoms with E-state index in [0.717, 1.165) is 54.9 Å². The molecular formula is C36H26O2. The van der Waals surface area contributed by atoms with Crippen LogP contribution in [0.4, 0.5) is 0 Å². The quantitative estimate of drug-likeness (QED) is 0.178. The molecule has 2 heteroatoms. The summed E-state index contributed by atoms with van der Waals surface area (Å²) in [6.07, 6.45) is 0. The van der Waals surface area contributed by atoms with Crippen LogP contribution in [0, 0.1) is 13.8 Å². The van der Waals surface area contributed by atoms with Crippen molar-refractivity contribution in [3.8, 4) is 22.3 Å². The Kier molecular flexibility index (Phi) is 5.94. The molecule has 6 rings (SSSR count). The lowest BCUT2D eigenvalue weighted by Gasteiger charge is -2.17. The van der Waals surface area contributed by atoms with Gasteiger partial charge in [-0.15, -0.1) is 0 Å². The monoisotopic (exact) mass is 490 g/mol. The predicted molar refractivity (Wildman–Crippen MR) is 157 cm³/mol. The lowest BCUT2D eigenvalue weighted by atomic mass is 9.84. The Morgan fingerprint density at radius 3 is 1.11 bits per heavy atom. The molecule has 0 saturated carbocycles. The van der Waals surface area contributed by atoms with Gasteiger partial charge < -0.3 is 0 Å². The van der Waals surface area contributed by atoms with Crippen molar-refractivity contribution in [2.75, 3.05) is 0 Å². The van der Waals surface area contributed by atoms with Crippen molar-refractivity contribution in [1.29, 1.82) is 0 Å². The molecule has 0 aliphatic heterocycles. The Hall–Kier alpha value is -4.82. The number of aryl methyl sites for hydroxylation is 2. The Morgan fingerprint density at radius 1 is 0.421 bits per heavy atom. The molecule has 0 fully saturated rings. The molecule has 0 saturated heterocycles. The molecule has 0 aliphatic rings. The van der Waals surface area contributed by atoms with Gasteiger partial charge in [0.1, 0.15) is 0 Å². The zero-order chi connectivity index (χ0) is 26.2. The Balaban J connectivity index is 1.65. The number of Topliss-reactive ketones (excluding diaryl/α,β-unsaturated/α-hetero) is 2. The molecule has 0 aliphatic carbocycles. The smallest absolute Gasteiger partial charge is 0.234 e. The third kappa shape index (κ3) is 3.91. The van der Waals surface area contributed by atoms with Crippen LogP contribution in [0.2, 0.25) is 0 Å². The number of hydrogen-bond donors (Lipinski definition) is 0. The fourth-order valence-electron chi connectivity index (χ4n) is 5.52. The first kappa shape index (κ1) is 23.6. The molecule has 0 atom stereocenters. The van der Waals surface area contributed by atoms with Crippen LogP contribution in [-0.4, -0.2) is 11.6 Å². The van der Waals surface area contributed by atoms with Gasteiger partial charge in [0.2, 0.25) is 11.6 Å². The number of ketones is 2. The molecular weight excluding hydrogens is 464 g/mol. The van der Waals surface area contributed by atoms with Crippen molar-refractivity contribution >= 4 is 33.1 Å². The van der Waals surface area contributed by atoms with Gasteiger partial charge in [0.05, 0.1) is 0 Å². The first-order chi connectivity index (χ1) is 18.5. The molecule has 0 radical (unpaired) electrons. The Bertz CT molecular complexity index is 1710. The van der Waals surface area contributed by atoms with E-state index in [9.17, 15) is 9.59 Å².